The van der Waals surface area contributed by atoms with E-state index in [1.165, 1.54) is 7.11 Å². The number of rotatable bonds is 6. The Morgan fingerprint density at radius 1 is 1.19 bits per heavy atom. The third-order valence-corrected chi connectivity index (χ3v) is 5.69. The van der Waals surface area contributed by atoms with Crippen LogP contribution in [0.15, 0.2) is 17.3 Å². The molecule has 0 atom stereocenters. The fraction of sp³-hybridized carbons (Fsp3) is 0.429. The predicted molar refractivity (Wildman–Crippen MR) is 118 cm³/mol. The Kier molecular flexibility index (Phi) is 6.14. The number of nitrogens with zero attached hydrogens (tertiary/aromatic N) is 6. The van der Waals surface area contributed by atoms with Gasteiger partial charge in [0.25, 0.3) is 0 Å². The minimum absolute atomic E-state index is 0.308. The van der Waals surface area contributed by atoms with E-state index in [0.29, 0.717) is 46.7 Å². The van der Waals surface area contributed by atoms with Crippen molar-refractivity contribution in [3.63, 3.8) is 0 Å². The first kappa shape index (κ1) is 22.2. The first-order valence-corrected chi connectivity index (χ1v) is 10.6. The number of alkyl halides is 2. The van der Waals surface area contributed by atoms with Gasteiger partial charge < -0.3 is 19.0 Å². The Hall–Kier alpha value is -3.01. The van der Waals surface area contributed by atoms with Crippen LogP contribution in [0, 0.1) is 13.8 Å². The molecule has 32 heavy (non-hydrogen) atoms. The van der Waals surface area contributed by atoms with E-state index < -0.39 is 6.61 Å². The highest BCUT2D eigenvalue weighted by Crippen LogP contribution is 2.38. The third-order valence-electron chi connectivity index (χ3n) is 5.38. The molecule has 0 fully saturated rings. The molecule has 4 rings (SSSR count). The second-order valence-electron chi connectivity index (χ2n) is 7.35. The van der Waals surface area contributed by atoms with Crippen LogP contribution in [0.25, 0.3) is 11.0 Å². The number of aromatic nitrogens is 4. The summed E-state index contributed by atoms with van der Waals surface area (Å²) in [6.45, 7) is 4.05. The molecule has 0 saturated heterocycles. The van der Waals surface area contributed by atoms with Gasteiger partial charge in [-0.25, -0.2) is 4.98 Å². The lowest BCUT2D eigenvalue weighted by Crippen LogP contribution is -2.30. The fourth-order valence-corrected chi connectivity index (χ4v) is 4.31. The van der Waals surface area contributed by atoms with E-state index in [1.54, 1.807) is 12.1 Å². The van der Waals surface area contributed by atoms with Crippen molar-refractivity contribution in [1.82, 2.24) is 19.5 Å². The van der Waals surface area contributed by atoms with Gasteiger partial charge in [0.05, 0.1) is 40.4 Å². The second-order valence-corrected chi connectivity index (χ2v) is 7.76. The summed E-state index contributed by atoms with van der Waals surface area (Å²) in [6, 6.07) is 3.77. The summed E-state index contributed by atoms with van der Waals surface area (Å²) in [5.41, 5.74) is 4.75. The van der Waals surface area contributed by atoms with E-state index in [0.717, 1.165) is 35.6 Å². The van der Waals surface area contributed by atoms with Gasteiger partial charge >= 0.3 is 12.6 Å². The average Bonchev–Trinajstić information content (AvgIpc) is 3.16. The van der Waals surface area contributed by atoms with Crippen LogP contribution in [0.5, 0.6) is 6.01 Å². The number of hydrogen-bond donors (Lipinski definition) is 0. The van der Waals surface area contributed by atoms with Crippen LogP contribution < -0.4 is 9.64 Å². The molecule has 0 radical (unpaired) electrons. The van der Waals surface area contributed by atoms with Crippen molar-refractivity contribution >= 4 is 40.0 Å². The van der Waals surface area contributed by atoms with Crippen molar-refractivity contribution in [1.29, 1.82) is 0 Å². The number of imidazole rings is 1. The topological polar surface area (TPSA) is 77.7 Å². The first-order valence-electron chi connectivity index (χ1n) is 10.2. The monoisotopic (exact) mass is 464 g/mol. The number of anilines is 2. The van der Waals surface area contributed by atoms with Crippen molar-refractivity contribution in [2.45, 2.75) is 46.8 Å². The maximum Gasteiger partial charge on any atom is 0.407 e. The summed E-state index contributed by atoms with van der Waals surface area (Å²) in [6.07, 6.45) is 1.24. The third kappa shape index (κ3) is 3.83. The Labute approximate surface area is 188 Å². The average molecular weight is 465 g/mol. The molecule has 0 bridgehead atoms. The summed E-state index contributed by atoms with van der Waals surface area (Å²) in [5.74, 6) is 0.686. The number of hydrogen-bond acceptors (Lipinski definition) is 7. The molecular weight excluding hydrogens is 442 g/mol. The second kappa shape index (κ2) is 8.85. The van der Waals surface area contributed by atoms with E-state index >= 15 is 0 Å². The predicted octanol–water partition coefficient (Wildman–Crippen LogP) is 5.00. The molecule has 0 saturated carbocycles. The molecule has 11 heteroatoms. The zero-order chi connectivity index (χ0) is 23.0. The van der Waals surface area contributed by atoms with Gasteiger partial charge in [-0.1, -0.05) is 23.7 Å². The molecule has 0 spiro atoms. The fourth-order valence-electron chi connectivity index (χ4n) is 4.11. The lowest BCUT2D eigenvalue weighted by Gasteiger charge is -2.31. The standard InChI is InChI=1S/C21H23ClF2N6O2/c1-5-15(28-32-19(23)24)13-7-8-14(22)16-18(13)30-10-6-9-29(21(30)27-16)17-11(2)25-20(31-4)26-12(17)3/h7-8,19H,5-6,9-10H2,1-4H3/b28-15-. The Balaban J connectivity index is 1.92. The van der Waals surface area contributed by atoms with Crippen molar-refractivity contribution in [3.05, 3.63) is 34.1 Å². The molecule has 1 aliphatic heterocycles. The van der Waals surface area contributed by atoms with Gasteiger partial charge in [0.2, 0.25) is 5.95 Å². The van der Waals surface area contributed by atoms with Crippen molar-refractivity contribution in [2.24, 2.45) is 5.16 Å². The molecule has 0 amide bonds. The molecule has 2 aromatic heterocycles. The highest BCUT2D eigenvalue weighted by Gasteiger charge is 2.29. The van der Waals surface area contributed by atoms with Crippen LogP contribution in [-0.2, 0) is 11.4 Å². The van der Waals surface area contributed by atoms with Crippen LogP contribution in [0.1, 0.15) is 36.7 Å². The summed E-state index contributed by atoms with van der Waals surface area (Å²) < 4.78 is 32.5. The number of aryl methyl sites for hydroxylation is 3. The van der Waals surface area contributed by atoms with Gasteiger partial charge in [-0.3, -0.25) is 0 Å². The SMILES string of the molecule is CC/C(=N/OC(F)F)c1ccc(Cl)c2nc3n(c12)CCCN3c1c(C)nc(OC)nc1C. The zero-order valence-corrected chi connectivity index (χ0v) is 19.0. The van der Waals surface area contributed by atoms with Crippen LogP contribution in [-0.4, -0.2) is 45.5 Å². The maximum atomic E-state index is 12.6. The van der Waals surface area contributed by atoms with Crippen LogP contribution in [0.3, 0.4) is 0 Å². The maximum absolute atomic E-state index is 12.6. The molecule has 0 N–H and O–H groups in total. The summed E-state index contributed by atoms with van der Waals surface area (Å²) in [4.78, 5) is 20.0. The van der Waals surface area contributed by atoms with Crippen molar-refractivity contribution < 1.29 is 18.4 Å². The van der Waals surface area contributed by atoms with E-state index in [9.17, 15) is 8.78 Å². The van der Waals surface area contributed by atoms with Crippen molar-refractivity contribution in [3.8, 4) is 6.01 Å². The van der Waals surface area contributed by atoms with Gasteiger partial charge in [0.15, 0.2) is 0 Å². The lowest BCUT2D eigenvalue weighted by atomic mass is 10.1. The largest absolute Gasteiger partial charge is 0.467 e. The van der Waals surface area contributed by atoms with Crippen LogP contribution >= 0.6 is 11.6 Å². The van der Waals surface area contributed by atoms with Gasteiger partial charge in [0.1, 0.15) is 5.52 Å². The van der Waals surface area contributed by atoms with E-state index in [4.69, 9.17) is 21.3 Å². The molecular formula is C21H23ClF2N6O2. The summed E-state index contributed by atoms with van der Waals surface area (Å²) in [7, 11) is 1.53. The number of benzene rings is 1. The van der Waals surface area contributed by atoms with Gasteiger partial charge in [-0.05, 0) is 38.8 Å². The van der Waals surface area contributed by atoms with E-state index in [-0.39, 0.29) is 0 Å². The Morgan fingerprint density at radius 3 is 2.53 bits per heavy atom. The minimum Gasteiger partial charge on any atom is -0.467 e. The highest BCUT2D eigenvalue weighted by molar-refractivity contribution is 6.35. The number of oxime groups is 1. The summed E-state index contributed by atoms with van der Waals surface area (Å²) >= 11 is 6.49. The number of fused-ring (bicyclic) bond motifs is 3. The van der Waals surface area contributed by atoms with Crippen LogP contribution in [0.4, 0.5) is 20.4 Å². The summed E-state index contributed by atoms with van der Waals surface area (Å²) in [5, 5.41) is 4.15. The van der Waals surface area contributed by atoms with E-state index in [1.807, 2.05) is 25.3 Å². The van der Waals surface area contributed by atoms with Crippen LogP contribution in [0.2, 0.25) is 5.02 Å². The molecule has 3 aromatic rings. The number of ether oxygens (including phenoxy) is 1. The molecule has 1 aromatic carbocycles. The Morgan fingerprint density at radius 2 is 1.91 bits per heavy atom. The lowest BCUT2D eigenvalue weighted by molar-refractivity contribution is -0.128. The first-order chi connectivity index (χ1) is 15.3. The minimum atomic E-state index is -2.99. The van der Waals surface area contributed by atoms with Gasteiger partial charge in [-0.2, -0.15) is 18.7 Å². The molecule has 170 valence electrons. The normalized spacial score (nSPS) is 14.2. The van der Waals surface area contributed by atoms with Crippen molar-refractivity contribution in [2.75, 3.05) is 18.6 Å². The van der Waals surface area contributed by atoms with E-state index in [2.05, 4.69) is 24.9 Å². The van der Waals surface area contributed by atoms with Gasteiger partial charge in [0, 0.05) is 18.7 Å². The Bertz CT molecular complexity index is 1170. The molecule has 8 nitrogen and oxygen atoms in total. The number of halogens is 3. The van der Waals surface area contributed by atoms with Gasteiger partial charge in [-0.15, -0.1) is 0 Å². The molecule has 0 aliphatic carbocycles. The molecule has 3 heterocycles. The smallest absolute Gasteiger partial charge is 0.407 e. The number of methoxy groups -OCH3 is 1. The quantitative estimate of drug-likeness (QED) is 0.377. The zero-order valence-electron chi connectivity index (χ0n) is 18.2. The molecule has 0 unspecified atom stereocenters. The highest BCUT2D eigenvalue weighted by atomic mass is 35.5. The molecule has 1 aliphatic rings.